The predicted octanol–water partition coefficient (Wildman–Crippen LogP) is 3.67. The molecule has 2 aromatic heterocycles. The average molecular weight is 354 g/mol. The summed E-state index contributed by atoms with van der Waals surface area (Å²) in [6, 6.07) is 13.2. The quantitative estimate of drug-likeness (QED) is 0.629. The summed E-state index contributed by atoms with van der Waals surface area (Å²) < 4.78 is 5.65. The summed E-state index contributed by atoms with van der Waals surface area (Å²) in [6.45, 7) is 4.39. The first-order chi connectivity index (χ1) is 12.2. The Labute approximate surface area is 150 Å². The normalized spacial score (nSPS) is 11.9. The van der Waals surface area contributed by atoms with Crippen LogP contribution in [-0.2, 0) is 4.79 Å². The molecule has 0 unspecified atom stereocenters. The highest BCUT2D eigenvalue weighted by atomic mass is 32.2. The molecule has 0 saturated heterocycles. The van der Waals surface area contributed by atoms with Gasteiger partial charge in [-0.05, 0) is 38.1 Å². The van der Waals surface area contributed by atoms with E-state index in [1.807, 2.05) is 44.2 Å². The van der Waals surface area contributed by atoms with Crippen molar-refractivity contribution in [2.45, 2.75) is 24.3 Å². The fourth-order valence-electron chi connectivity index (χ4n) is 2.36. The highest BCUT2D eigenvalue weighted by Gasteiger charge is 2.24. The predicted molar refractivity (Wildman–Crippen MR) is 97.3 cm³/mol. The summed E-state index contributed by atoms with van der Waals surface area (Å²) >= 11 is 1.26. The second-order valence-corrected chi connectivity index (χ2v) is 6.58. The van der Waals surface area contributed by atoms with Crippen LogP contribution in [0.2, 0.25) is 0 Å². The molecule has 1 atom stereocenters. The molecule has 2 heterocycles. The summed E-state index contributed by atoms with van der Waals surface area (Å²) in [6.07, 6.45) is 3.33. The van der Waals surface area contributed by atoms with E-state index >= 15 is 0 Å². The first kappa shape index (κ1) is 17.2. The molecule has 7 heteroatoms. The highest BCUT2D eigenvalue weighted by Crippen LogP contribution is 2.27. The zero-order chi connectivity index (χ0) is 17.6. The van der Waals surface area contributed by atoms with Crippen LogP contribution in [0.4, 0.5) is 5.69 Å². The maximum atomic E-state index is 12.8. The molecule has 1 aromatic carbocycles. The van der Waals surface area contributed by atoms with E-state index in [2.05, 4.69) is 15.2 Å². The summed E-state index contributed by atoms with van der Waals surface area (Å²) in [5.41, 5.74) is 1.68. The van der Waals surface area contributed by atoms with E-state index in [9.17, 15) is 4.79 Å². The zero-order valence-corrected chi connectivity index (χ0v) is 14.8. The van der Waals surface area contributed by atoms with Gasteiger partial charge in [0.05, 0.1) is 5.25 Å². The molecule has 128 valence electrons. The van der Waals surface area contributed by atoms with Crippen molar-refractivity contribution < 1.29 is 9.21 Å². The van der Waals surface area contributed by atoms with E-state index < -0.39 is 0 Å². The molecule has 0 aliphatic heterocycles. The summed E-state index contributed by atoms with van der Waals surface area (Å²) in [5.74, 6) is 0.419. The van der Waals surface area contributed by atoms with Crippen LogP contribution in [0.5, 0.6) is 0 Å². The molecular weight excluding hydrogens is 336 g/mol. The Morgan fingerprint density at radius 2 is 1.88 bits per heavy atom. The topological polar surface area (TPSA) is 72.1 Å². The van der Waals surface area contributed by atoms with E-state index in [1.165, 1.54) is 11.8 Å². The number of hydrogen-bond donors (Lipinski definition) is 0. The van der Waals surface area contributed by atoms with E-state index in [1.54, 1.807) is 29.4 Å². The number of pyridine rings is 1. The number of hydrogen-bond acceptors (Lipinski definition) is 6. The molecule has 0 bridgehead atoms. The lowest BCUT2D eigenvalue weighted by atomic mass is 10.2. The maximum absolute atomic E-state index is 12.8. The monoisotopic (exact) mass is 354 g/mol. The van der Waals surface area contributed by atoms with Gasteiger partial charge >= 0.3 is 0 Å². The van der Waals surface area contributed by atoms with Crippen LogP contribution in [0.15, 0.2) is 64.5 Å². The number of carbonyl (C=O) groups excluding carboxylic acids is 1. The minimum atomic E-state index is -0.342. The van der Waals surface area contributed by atoms with Crippen molar-refractivity contribution in [3.63, 3.8) is 0 Å². The number of anilines is 1. The average Bonchev–Trinajstić information content (AvgIpc) is 3.12. The molecule has 0 aliphatic carbocycles. The second kappa shape index (κ2) is 7.94. The van der Waals surface area contributed by atoms with Gasteiger partial charge in [-0.15, -0.1) is 10.2 Å². The summed E-state index contributed by atoms with van der Waals surface area (Å²) in [4.78, 5) is 18.5. The van der Waals surface area contributed by atoms with Crippen molar-refractivity contribution in [1.29, 1.82) is 0 Å². The van der Waals surface area contributed by atoms with Gasteiger partial charge in [0.1, 0.15) is 0 Å². The number of nitrogens with zero attached hydrogens (tertiary/aromatic N) is 4. The Morgan fingerprint density at radius 1 is 1.16 bits per heavy atom. The van der Waals surface area contributed by atoms with Crippen LogP contribution in [0.25, 0.3) is 11.5 Å². The third-order valence-corrected chi connectivity index (χ3v) is 4.53. The molecule has 0 spiro atoms. The Kier molecular flexibility index (Phi) is 5.45. The molecule has 25 heavy (non-hydrogen) atoms. The van der Waals surface area contributed by atoms with Gasteiger partial charge in [0.2, 0.25) is 11.8 Å². The minimum Gasteiger partial charge on any atom is -0.411 e. The Morgan fingerprint density at radius 3 is 2.56 bits per heavy atom. The van der Waals surface area contributed by atoms with E-state index in [0.29, 0.717) is 17.7 Å². The summed E-state index contributed by atoms with van der Waals surface area (Å²) in [5, 5.41) is 8.09. The largest absolute Gasteiger partial charge is 0.411 e. The molecule has 0 radical (unpaired) electrons. The van der Waals surface area contributed by atoms with Crippen LogP contribution in [-0.4, -0.2) is 32.9 Å². The molecule has 0 N–H and O–H groups in total. The minimum absolute atomic E-state index is 0.00219. The van der Waals surface area contributed by atoms with Gasteiger partial charge in [0.15, 0.2) is 0 Å². The first-order valence-electron chi connectivity index (χ1n) is 7.96. The van der Waals surface area contributed by atoms with E-state index in [0.717, 1.165) is 11.3 Å². The number of para-hydroxylation sites is 1. The Hall–Kier alpha value is -2.67. The number of amides is 1. The molecule has 0 fully saturated rings. The molecule has 0 saturated carbocycles. The fourth-order valence-corrected chi connectivity index (χ4v) is 3.11. The zero-order valence-electron chi connectivity index (χ0n) is 14.0. The highest BCUT2D eigenvalue weighted by molar-refractivity contribution is 8.00. The van der Waals surface area contributed by atoms with Crippen molar-refractivity contribution in [3.8, 4) is 11.5 Å². The molecular formula is C18H18N4O2S. The number of aromatic nitrogens is 3. The van der Waals surface area contributed by atoms with Gasteiger partial charge in [0, 0.05) is 30.2 Å². The summed E-state index contributed by atoms with van der Waals surface area (Å²) in [7, 11) is 0. The Balaban J connectivity index is 1.70. The fraction of sp³-hybridized carbons (Fsp3) is 0.222. The first-order valence-corrected chi connectivity index (χ1v) is 8.84. The van der Waals surface area contributed by atoms with Gasteiger partial charge < -0.3 is 9.32 Å². The van der Waals surface area contributed by atoms with E-state index in [-0.39, 0.29) is 11.2 Å². The lowest BCUT2D eigenvalue weighted by Gasteiger charge is -2.23. The molecule has 3 aromatic rings. The second-order valence-electron chi connectivity index (χ2n) is 5.29. The van der Waals surface area contributed by atoms with Gasteiger partial charge in [-0.2, -0.15) is 0 Å². The van der Waals surface area contributed by atoms with Gasteiger partial charge in [-0.1, -0.05) is 30.0 Å². The van der Waals surface area contributed by atoms with Crippen LogP contribution in [0, 0.1) is 0 Å². The van der Waals surface area contributed by atoms with Gasteiger partial charge in [-0.25, -0.2) is 0 Å². The number of benzene rings is 1. The lowest BCUT2D eigenvalue weighted by Crippen LogP contribution is -2.36. The van der Waals surface area contributed by atoms with Crippen molar-refractivity contribution >= 4 is 23.4 Å². The molecule has 6 nitrogen and oxygen atoms in total. The van der Waals surface area contributed by atoms with Gasteiger partial charge in [0.25, 0.3) is 5.22 Å². The van der Waals surface area contributed by atoms with Crippen molar-refractivity contribution in [1.82, 2.24) is 15.2 Å². The number of rotatable bonds is 6. The van der Waals surface area contributed by atoms with Crippen LogP contribution < -0.4 is 4.90 Å². The van der Waals surface area contributed by atoms with Crippen molar-refractivity contribution in [2.75, 3.05) is 11.4 Å². The third kappa shape index (κ3) is 4.06. The number of thioether (sulfide) groups is 1. The van der Waals surface area contributed by atoms with Crippen LogP contribution >= 0.6 is 11.8 Å². The van der Waals surface area contributed by atoms with Crippen molar-refractivity contribution in [2.24, 2.45) is 0 Å². The van der Waals surface area contributed by atoms with E-state index in [4.69, 9.17) is 4.42 Å². The Bertz CT molecular complexity index is 823. The maximum Gasteiger partial charge on any atom is 0.277 e. The standard InChI is InChI=1S/C18H18N4O2S/c1-3-22(15-7-5-4-6-8-15)17(23)13(2)25-18-21-20-16(24-18)14-9-11-19-12-10-14/h4-13H,3H2,1-2H3/t13-/m1/s1. The smallest absolute Gasteiger partial charge is 0.277 e. The molecule has 0 aliphatic rings. The van der Waals surface area contributed by atoms with Crippen LogP contribution in [0.3, 0.4) is 0 Å². The SMILES string of the molecule is CCN(C(=O)[C@@H](C)Sc1nnc(-c2ccncc2)o1)c1ccccc1. The van der Waals surface area contributed by atoms with Gasteiger partial charge in [-0.3, -0.25) is 9.78 Å². The van der Waals surface area contributed by atoms with Crippen LogP contribution in [0.1, 0.15) is 13.8 Å². The lowest BCUT2D eigenvalue weighted by molar-refractivity contribution is -0.117. The third-order valence-electron chi connectivity index (χ3n) is 3.61. The molecule has 1 amide bonds. The number of carbonyl (C=O) groups is 1. The van der Waals surface area contributed by atoms with Crippen molar-refractivity contribution in [3.05, 3.63) is 54.9 Å². The molecule has 3 rings (SSSR count).